The molecule has 0 fully saturated rings. The molecule has 0 aliphatic heterocycles. The summed E-state index contributed by atoms with van der Waals surface area (Å²) in [7, 11) is -9.88. The second-order valence-electron chi connectivity index (χ2n) is 24.5. The summed E-state index contributed by atoms with van der Waals surface area (Å²) in [5, 5.41) is 10.5. The van der Waals surface area contributed by atoms with Crippen molar-refractivity contribution >= 4 is 39.5 Å². The summed E-state index contributed by atoms with van der Waals surface area (Å²) in [5.74, 6) is -0.705. The zero-order valence-electron chi connectivity index (χ0n) is 54.2. The third kappa shape index (κ3) is 59.0. The molecule has 0 spiro atoms. The first-order chi connectivity index (χ1) is 40.4. The minimum atomic E-state index is -4.94. The molecule has 2 unspecified atom stereocenters. The molecule has 0 saturated heterocycles. The monoisotopic (exact) mass is 1240 g/mol. The summed E-state index contributed by atoms with van der Waals surface area (Å²) < 4.78 is 67.8. The fourth-order valence-corrected chi connectivity index (χ4v) is 11.3. The van der Waals surface area contributed by atoms with Gasteiger partial charge >= 0.3 is 39.5 Å². The standard InChI is InChI=1S/C65H126O17P2/c1-7-9-11-13-14-15-16-17-18-19-20-21-22-25-31-37-43-49-64(69)82-61(54-76-63(68)48-42-36-30-26-23-24-28-34-39-45-57(3)4)56-80-84(73,74)78-52-59(66)51-77-83(71,72)79-55-60(53-75-62(67)47-41-33-12-10-8-2)81-65(70)50-44-38-32-27-29-35-40-46-58(5)6/h57-61,66H,7-56H2,1-6H3,(H,71,72)(H,73,74)/t59-,60+,61+/m0/s1. The Kier molecular flexibility index (Phi) is 56.2. The first kappa shape index (κ1) is 82.1. The Hall–Kier alpha value is -1.94. The molecular formula is C65H126O17P2. The van der Waals surface area contributed by atoms with Gasteiger partial charge in [0.15, 0.2) is 12.2 Å². The fraction of sp³-hybridized carbons (Fsp3) is 0.938. The van der Waals surface area contributed by atoms with E-state index in [0.717, 1.165) is 102 Å². The maximum atomic E-state index is 13.0. The number of phosphoric ester groups is 2. The molecule has 17 nitrogen and oxygen atoms in total. The number of hydrogen-bond donors (Lipinski definition) is 3. The molecule has 0 aromatic rings. The summed E-state index contributed by atoms with van der Waals surface area (Å²) in [4.78, 5) is 72.0. The Morgan fingerprint density at radius 1 is 0.321 bits per heavy atom. The Labute approximate surface area is 511 Å². The van der Waals surface area contributed by atoms with Gasteiger partial charge in [-0.2, -0.15) is 0 Å². The molecule has 0 aliphatic rings. The van der Waals surface area contributed by atoms with Crippen molar-refractivity contribution in [1.29, 1.82) is 0 Å². The average Bonchev–Trinajstić information content (AvgIpc) is 3.59. The molecule has 0 aliphatic carbocycles. The van der Waals surface area contributed by atoms with E-state index >= 15 is 0 Å². The van der Waals surface area contributed by atoms with Crippen LogP contribution in [0.4, 0.5) is 0 Å². The van der Waals surface area contributed by atoms with Crippen molar-refractivity contribution in [2.75, 3.05) is 39.6 Å². The predicted molar refractivity (Wildman–Crippen MR) is 335 cm³/mol. The van der Waals surface area contributed by atoms with E-state index in [1.165, 1.54) is 135 Å². The van der Waals surface area contributed by atoms with Crippen LogP contribution in [-0.2, 0) is 65.4 Å². The number of carbonyl (C=O) groups is 4. The van der Waals surface area contributed by atoms with E-state index in [1.54, 1.807) is 0 Å². The van der Waals surface area contributed by atoms with E-state index in [0.29, 0.717) is 31.6 Å². The summed E-state index contributed by atoms with van der Waals surface area (Å²) in [6.07, 6.45) is 40.8. The number of ether oxygens (including phenoxy) is 4. The number of aliphatic hydroxyl groups is 1. The third-order valence-electron chi connectivity index (χ3n) is 15.0. The van der Waals surface area contributed by atoms with Crippen molar-refractivity contribution in [3.8, 4) is 0 Å². The highest BCUT2D eigenvalue weighted by Gasteiger charge is 2.30. The topological polar surface area (TPSA) is 237 Å². The van der Waals surface area contributed by atoms with Gasteiger partial charge in [0.1, 0.15) is 19.3 Å². The van der Waals surface area contributed by atoms with Crippen LogP contribution in [0.25, 0.3) is 0 Å². The summed E-state index contributed by atoms with van der Waals surface area (Å²) in [5.41, 5.74) is 0. The van der Waals surface area contributed by atoms with E-state index in [-0.39, 0.29) is 25.7 Å². The van der Waals surface area contributed by atoms with Crippen LogP contribution in [0.15, 0.2) is 0 Å². The minimum absolute atomic E-state index is 0.102. The number of unbranched alkanes of at least 4 members (excludes halogenated alkanes) is 34. The average molecular weight is 1240 g/mol. The molecular weight excluding hydrogens is 1110 g/mol. The fourth-order valence-electron chi connectivity index (χ4n) is 9.71. The molecule has 0 amide bonds. The first-order valence-electron chi connectivity index (χ1n) is 34.0. The molecule has 3 N–H and O–H groups in total. The van der Waals surface area contributed by atoms with Crippen molar-refractivity contribution in [2.45, 2.75) is 342 Å². The maximum absolute atomic E-state index is 13.0. The Bertz CT molecular complexity index is 1650. The smallest absolute Gasteiger partial charge is 0.462 e. The van der Waals surface area contributed by atoms with Gasteiger partial charge in [-0.05, 0) is 37.5 Å². The number of hydrogen-bond acceptors (Lipinski definition) is 15. The normalized spacial score (nSPS) is 14.3. The first-order valence-corrected chi connectivity index (χ1v) is 37.0. The van der Waals surface area contributed by atoms with E-state index in [4.69, 9.17) is 37.0 Å². The maximum Gasteiger partial charge on any atom is 0.472 e. The SMILES string of the molecule is CCCCCCCCCCCCCCCCCCCC(=O)O[C@H](COC(=O)CCCCCCCCCCCC(C)C)COP(=O)(O)OC[C@@H](O)COP(=O)(O)OC[C@@H](COC(=O)CCCCCCC)OC(=O)CCCCCCCCCC(C)C. The zero-order chi connectivity index (χ0) is 62.2. The molecule has 0 aromatic carbocycles. The Morgan fingerprint density at radius 2 is 0.548 bits per heavy atom. The van der Waals surface area contributed by atoms with Gasteiger partial charge in [0.2, 0.25) is 0 Å². The Morgan fingerprint density at radius 3 is 0.810 bits per heavy atom. The lowest BCUT2D eigenvalue weighted by atomic mass is 10.0. The highest BCUT2D eigenvalue weighted by Crippen LogP contribution is 2.45. The van der Waals surface area contributed by atoms with Crippen molar-refractivity contribution in [2.24, 2.45) is 11.8 Å². The number of phosphoric acid groups is 2. The van der Waals surface area contributed by atoms with Gasteiger partial charge in [-0.15, -0.1) is 0 Å². The molecule has 5 atom stereocenters. The second-order valence-corrected chi connectivity index (χ2v) is 27.4. The summed E-state index contributed by atoms with van der Waals surface area (Å²) in [6.45, 7) is 9.34. The van der Waals surface area contributed by atoms with Crippen molar-refractivity contribution in [3.63, 3.8) is 0 Å². The predicted octanol–water partition coefficient (Wildman–Crippen LogP) is 18.0. The quantitative estimate of drug-likeness (QED) is 0.0222. The van der Waals surface area contributed by atoms with Gasteiger partial charge in [-0.3, -0.25) is 37.3 Å². The molecule has 0 aromatic heterocycles. The van der Waals surface area contributed by atoms with Crippen molar-refractivity contribution in [1.82, 2.24) is 0 Å². The van der Waals surface area contributed by atoms with Gasteiger partial charge in [0.05, 0.1) is 26.4 Å². The van der Waals surface area contributed by atoms with Crippen LogP contribution in [-0.4, -0.2) is 96.7 Å². The van der Waals surface area contributed by atoms with Crippen molar-refractivity contribution < 1.29 is 80.2 Å². The van der Waals surface area contributed by atoms with Gasteiger partial charge in [0.25, 0.3) is 0 Å². The number of carbonyl (C=O) groups excluding carboxylic acids is 4. The van der Waals surface area contributed by atoms with Crippen LogP contribution in [0.3, 0.4) is 0 Å². The highest BCUT2D eigenvalue weighted by atomic mass is 31.2. The molecule has 0 rings (SSSR count). The van der Waals surface area contributed by atoms with E-state index in [9.17, 15) is 43.2 Å². The summed E-state index contributed by atoms with van der Waals surface area (Å²) >= 11 is 0. The molecule has 0 heterocycles. The third-order valence-corrected chi connectivity index (χ3v) is 16.9. The van der Waals surface area contributed by atoms with Crippen LogP contribution in [0.5, 0.6) is 0 Å². The van der Waals surface area contributed by atoms with Gasteiger partial charge < -0.3 is 33.8 Å². The molecule has 0 saturated carbocycles. The number of rotatable bonds is 64. The zero-order valence-corrected chi connectivity index (χ0v) is 56.0. The van der Waals surface area contributed by atoms with Crippen LogP contribution in [0.2, 0.25) is 0 Å². The Balaban J connectivity index is 5.16. The lowest BCUT2D eigenvalue weighted by molar-refractivity contribution is -0.161. The minimum Gasteiger partial charge on any atom is -0.462 e. The summed E-state index contributed by atoms with van der Waals surface area (Å²) in [6, 6.07) is 0. The van der Waals surface area contributed by atoms with Crippen LogP contribution >= 0.6 is 15.6 Å². The number of aliphatic hydroxyl groups excluding tert-OH is 1. The highest BCUT2D eigenvalue weighted by molar-refractivity contribution is 7.47. The van der Waals surface area contributed by atoms with Gasteiger partial charge in [-0.25, -0.2) is 9.13 Å². The van der Waals surface area contributed by atoms with Crippen molar-refractivity contribution in [3.05, 3.63) is 0 Å². The van der Waals surface area contributed by atoms with Crippen LogP contribution in [0.1, 0.15) is 324 Å². The molecule has 84 heavy (non-hydrogen) atoms. The lowest BCUT2D eigenvalue weighted by Gasteiger charge is -2.21. The number of esters is 4. The molecule has 19 heteroatoms. The van der Waals surface area contributed by atoms with Gasteiger partial charge in [0, 0.05) is 25.7 Å². The molecule has 0 radical (unpaired) electrons. The van der Waals surface area contributed by atoms with Crippen LogP contribution in [0, 0.1) is 11.8 Å². The van der Waals surface area contributed by atoms with E-state index in [2.05, 4.69) is 41.5 Å². The molecule has 498 valence electrons. The largest absolute Gasteiger partial charge is 0.472 e. The molecule has 0 bridgehead atoms. The van der Waals surface area contributed by atoms with E-state index < -0.39 is 97.5 Å². The van der Waals surface area contributed by atoms with E-state index in [1.807, 2.05) is 0 Å². The second kappa shape index (κ2) is 57.5. The lowest BCUT2D eigenvalue weighted by Crippen LogP contribution is -2.30. The van der Waals surface area contributed by atoms with Crippen LogP contribution < -0.4 is 0 Å². The van der Waals surface area contributed by atoms with Gasteiger partial charge in [-0.1, -0.05) is 273 Å².